The summed E-state index contributed by atoms with van der Waals surface area (Å²) in [7, 11) is 0. The Hall–Kier alpha value is -4.15. The van der Waals surface area contributed by atoms with Gasteiger partial charge < -0.3 is 20.5 Å². The number of ether oxygens (including phenoxy) is 1. The number of nitro benzene ring substituents is 1. The molecule has 0 saturated heterocycles. The Labute approximate surface area is 172 Å². The fraction of sp³-hybridized carbons (Fsp3) is 0.250. The number of aliphatic hydroxyl groups excluding tert-OH is 1. The van der Waals surface area contributed by atoms with Crippen molar-refractivity contribution in [3.05, 3.63) is 63.7 Å². The summed E-state index contributed by atoms with van der Waals surface area (Å²) in [5, 5.41) is 40.5. The van der Waals surface area contributed by atoms with Crippen molar-refractivity contribution in [2.75, 3.05) is 4.90 Å². The maximum absolute atomic E-state index is 11.1. The van der Waals surface area contributed by atoms with Crippen molar-refractivity contribution in [1.82, 2.24) is 0 Å². The molecule has 0 bridgehead atoms. The van der Waals surface area contributed by atoms with E-state index in [2.05, 4.69) is 4.99 Å². The summed E-state index contributed by atoms with van der Waals surface area (Å²) in [4.78, 5) is 15.5. The molecule has 0 radical (unpaired) electrons. The highest BCUT2D eigenvalue weighted by molar-refractivity contribution is 5.96. The van der Waals surface area contributed by atoms with Gasteiger partial charge in [0.25, 0.3) is 5.69 Å². The van der Waals surface area contributed by atoms with Gasteiger partial charge in [0.2, 0.25) is 12.2 Å². The Balaban J connectivity index is 2.24. The summed E-state index contributed by atoms with van der Waals surface area (Å²) in [6.45, 7) is 3.38. The van der Waals surface area contributed by atoms with Crippen molar-refractivity contribution in [3.63, 3.8) is 0 Å². The maximum atomic E-state index is 11.1. The second kappa shape index (κ2) is 7.70. The Morgan fingerprint density at radius 2 is 1.97 bits per heavy atom. The lowest BCUT2D eigenvalue weighted by atomic mass is 9.84. The molecule has 2 aromatic rings. The smallest absolute Gasteiger partial charge is 0.269 e. The lowest BCUT2D eigenvalue weighted by Crippen LogP contribution is -2.56. The van der Waals surface area contributed by atoms with Crippen LogP contribution in [0.4, 0.5) is 11.4 Å². The number of anilines is 1. The van der Waals surface area contributed by atoms with E-state index in [9.17, 15) is 20.5 Å². The minimum atomic E-state index is -1.15. The zero-order chi connectivity index (χ0) is 22.1. The third kappa shape index (κ3) is 3.60. The van der Waals surface area contributed by atoms with E-state index in [1.165, 1.54) is 29.2 Å². The van der Waals surface area contributed by atoms with E-state index >= 15 is 0 Å². The lowest BCUT2D eigenvalue weighted by Gasteiger charge is -2.46. The highest BCUT2D eigenvalue weighted by Gasteiger charge is 2.46. The quantitative estimate of drug-likeness (QED) is 0.258. The van der Waals surface area contributed by atoms with E-state index in [4.69, 9.17) is 15.7 Å². The van der Waals surface area contributed by atoms with E-state index in [0.29, 0.717) is 22.6 Å². The number of non-ortho nitro benzene ring substituents is 1. The number of nitrogens with two attached hydrogens (primary N) is 1. The largest absolute Gasteiger partial charge is 0.485 e. The normalized spacial score (nSPS) is 19.6. The third-order valence-electron chi connectivity index (χ3n) is 4.87. The number of hydrogen-bond donors (Lipinski definition) is 2. The standard InChI is InChI=1S/C20H18N6O4/c1-20(2)18(27)17(15-9-12(10-21)3-8-16(15)30-20)25(19(23)24-11-22)13-4-6-14(7-5-13)26(28)29/h3-9,17-18,27H,1-2H3,(H2,23,24)/t17-,18+/m1/s1. The first-order valence-electron chi connectivity index (χ1n) is 8.86. The number of hydrogen-bond acceptors (Lipinski definition) is 7. The van der Waals surface area contributed by atoms with Gasteiger partial charge in [0.05, 0.1) is 22.6 Å². The first-order valence-corrected chi connectivity index (χ1v) is 8.86. The SMILES string of the molecule is CC1(C)Oc2ccc(C#N)cc2[C@@H](N(C(N)=NC#N)c2ccc([N+](=O)[O-])cc2)[C@@H]1O. The highest BCUT2D eigenvalue weighted by Crippen LogP contribution is 2.44. The number of aliphatic imine (C=N–C) groups is 1. The van der Waals surface area contributed by atoms with Crippen LogP contribution >= 0.6 is 0 Å². The monoisotopic (exact) mass is 406 g/mol. The lowest BCUT2D eigenvalue weighted by molar-refractivity contribution is -0.384. The summed E-state index contributed by atoms with van der Waals surface area (Å²) >= 11 is 0. The van der Waals surface area contributed by atoms with Gasteiger partial charge in [-0.15, -0.1) is 4.99 Å². The van der Waals surface area contributed by atoms with Crippen LogP contribution in [0.15, 0.2) is 47.5 Å². The fourth-order valence-corrected chi connectivity index (χ4v) is 3.39. The summed E-state index contributed by atoms with van der Waals surface area (Å²) < 4.78 is 5.92. The number of guanidine groups is 1. The number of benzene rings is 2. The van der Waals surface area contributed by atoms with Crippen molar-refractivity contribution in [2.24, 2.45) is 10.7 Å². The van der Waals surface area contributed by atoms with Gasteiger partial charge in [-0.25, -0.2) is 0 Å². The van der Waals surface area contributed by atoms with Gasteiger partial charge in [0.1, 0.15) is 17.5 Å². The summed E-state index contributed by atoms with van der Waals surface area (Å²) in [5.74, 6) is 0.215. The van der Waals surface area contributed by atoms with Gasteiger partial charge in [0.15, 0.2) is 0 Å². The van der Waals surface area contributed by atoms with E-state index in [-0.39, 0.29) is 11.6 Å². The van der Waals surface area contributed by atoms with E-state index in [0.717, 1.165) is 0 Å². The highest BCUT2D eigenvalue weighted by atomic mass is 16.6. The molecule has 0 fully saturated rings. The van der Waals surface area contributed by atoms with E-state index < -0.39 is 22.7 Å². The van der Waals surface area contributed by atoms with Crippen molar-refractivity contribution in [1.29, 1.82) is 10.5 Å². The van der Waals surface area contributed by atoms with Gasteiger partial charge >= 0.3 is 0 Å². The average Bonchev–Trinajstić information content (AvgIpc) is 2.71. The minimum absolute atomic E-state index is 0.130. The average molecular weight is 406 g/mol. The summed E-state index contributed by atoms with van der Waals surface area (Å²) in [5.41, 5.74) is 6.07. The van der Waals surface area contributed by atoms with Crippen LogP contribution in [-0.2, 0) is 0 Å². The molecule has 10 nitrogen and oxygen atoms in total. The molecule has 3 N–H and O–H groups in total. The molecule has 1 aliphatic heterocycles. The topological polar surface area (TPSA) is 162 Å². The van der Waals surface area contributed by atoms with Gasteiger partial charge in [-0.2, -0.15) is 10.5 Å². The molecule has 0 spiro atoms. The Kier molecular flexibility index (Phi) is 5.28. The molecule has 0 aliphatic carbocycles. The molecule has 0 amide bonds. The molecular weight excluding hydrogens is 388 g/mol. The molecule has 152 valence electrons. The molecule has 2 aromatic carbocycles. The van der Waals surface area contributed by atoms with Crippen molar-refractivity contribution in [2.45, 2.75) is 31.6 Å². The van der Waals surface area contributed by atoms with Crippen LogP contribution in [0.1, 0.15) is 31.0 Å². The number of nitrogens with zero attached hydrogens (tertiary/aromatic N) is 5. The number of aliphatic hydroxyl groups is 1. The molecule has 10 heteroatoms. The predicted octanol–water partition coefficient (Wildman–Crippen LogP) is 2.34. The van der Waals surface area contributed by atoms with Crippen LogP contribution in [0.3, 0.4) is 0 Å². The van der Waals surface area contributed by atoms with Gasteiger partial charge in [-0.1, -0.05) is 0 Å². The molecule has 0 unspecified atom stereocenters. The molecular formula is C20H18N6O4. The van der Waals surface area contributed by atoms with Crippen LogP contribution in [0.2, 0.25) is 0 Å². The number of fused-ring (bicyclic) bond motifs is 1. The molecule has 0 saturated carbocycles. The maximum Gasteiger partial charge on any atom is 0.269 e. The first kappa shape index (κ1) is 20.6. The van der Waals surface area contributed by atoms with Crippen LogP contribution in [-0.4, -0.2) is 27.7 Å². The van der Waals surface area contributed by atoms with Crippen molar-refractivity contribution in [3.8, 4) is 18.0 Å². The second-order valence-corrected chi connectivity index (χ2v) is 7.17. The Morgan fingerprint density at radius 3 is 2.53 bits per heavy atom. The zero-order valence-electron chi connectivity index (χ0n) is 16.2. The molecule has 2 atom stereocenters. The zero-order valence-corrected chi connectivity index (χ0v) is 16.2. The van der Waals surface area contributed by atoms with Gasteiger partial charge in [0, 0.05) is 23.4 Å². The molecule has 0 aromatic heterocycles. The van der Waals surface area contributed by atoms with Crippen LogP contribution in [0.25, 0.3) is 0 Å². The van der Waals surface area contributed by atoms with E-state index in [1.807, 2.05) is 6.07 Å². The minimum Gasteiger partial charge on any atom is -0.485 e. The molecule has 30 heavy (non-hydrogen) atoms. The summed E-state index contributed by atoms with van der Waals surface area (Å²) in [6.07, 6.45) is 0.465. The van der Waals surface area contributed by atoms with Crippen LogP contribution in [0, 0.1) is 32.9 Å². The molecule has 1 aliphatic rings. The second-order valence-electron chi connectivity index (χ2n) is 7.17. The number of rotatable bonds is 3. The van der Waals surface area contributed by atoms with Gasteiger partial charge in [-0.3, -0.25) is 10.1 Å². The first-order chi connectivity index (χ1) is 14.2. The predicted molar refractivity (Wildman–Crippen MR) is 107 cm³/mol. The van der Waals surface area contributed by atoms with Crippen LogP contribution in [0.5, 0.6) is 5.75 Å². The Morgan fingerprint density at radius 1 is 1.30 bits per heavy atom. The fourth-order valence-electron chi connectivity index (χ4n) is 3.39. The number of nitriles is 2. The molecule has 1 heterocycles. The number of nitro groups is 1. The van der Waals surface area contributed by atoms with Crippen LogP contribution < -0.4 is 15.4 Å². The molecule has 3 rings (SSSR count). The van der Waals surface area contributed by atoms with Gasteiger partial charge in [-0.05, 0) is 44.2 Å². The summed E-state index contributed by atoms with van der Waals surface area (Å²) in [6, 6.07) is 11.4. The van der Waals surface area contributed by atoms with Crippen molar-refractivity contribution >= 4 is 17.3 Å². The van der Waals surface area contributed by atoms with E-state index in [1.54, 1.807) is 38.2 Å². The Bertz CT molecular complexity index is 1100. The van der Waals surface area contributed by atoms with Crippen molar-refractivity contribution < 1.29 is 14.8 Å². The third-order valence-corrected chi connectivity index (χ3v) is 4.87.